The predicted octanol–water partition coefficient (Wildman–Crippen LogP) is 3.67. The van der Waals surface area contributed by atoms with Gasteiger partial charge in [0.2, 0.25) is 0 Å². The first kappa shape index (κ1) is 14.7. The molecular weight excluding hydrogens is 318 g/mol. The molecule has 6 heteroatoms. The Kier molecular flexibility index (Phi) is 4.12. The van der Waals surface area contributed by atoms with E-state index >= 15 is 0 Å². The Hall–Kier alpha value is -2.86. The Balaban J connectivity index is 1.58. The Morgan fingerprint density at radius 1 is 1.17 bits per heavy atom. The summed E-state index contributed by atoms with van der Waals surface area (Å²) in [5, 5.41) is 0. The van der Waals surface area contributed by atoms with Crippen LogP contribution >= 0.6 is 11.3 Å². The first-order valence-corrected chi connectivity index (χ1v) is 8.47. The van der Waals surface area contributed by atoms with Gasteiger partial charge in [-0.05, 0) is 11.6 Å². The summed E-state index contributed by atoms with van der Waals surface area (Å²) >= 11 is 1.70. The second kappa shape index (κ2) is 6.72. The molecule has 0 bridgehead atoms. The molecule has 4 aromatic rings. The number of rotatable bonds is 5. The quantitative estimate of drug-likeness (QED) is 0.524. The van der Waals surface area contributed by atoms with Gasteiger partial charge in [0.25, 0.3) is 0 Å². The largest absolute Gasteiger partial charge is 0.336 e. The standard InChI is InChI=1S/C18H15N5S/c1-2-4-14(5-3-1)17-10-15-18(24-17)16(22-12-21-15)11-19-6-8-23-9-7-20-13-23/h1-5,7,9-13H,6,8H2. The number of imidazole rings is 1. The van der Waals surface area contributed by atoms with E-state index in [1.165, 1.54) is 10.4 Å². The normalized spacial score (nSPS) is 11.5. The van der Waals surface area contributed by atoms with E-state index in [0.29, 0.717) is 6.54 Å². The maximum absolute atomic E-state index is 4.49. The molecule has 0 aliphatic heterocycles. The molecule has 0 atom stereocenters. The number of benzene rings is 1. The van der Waals surface area contributed by atoms with Gasteiger partial charge in [-0.2, -0.15) is 0 Å². The van der Waals surface area contributed by atoms with Crippen LogP contribution in [0.5, 0.6) is 0 Å². The second-order valence-corrected chi connectivity index (χ2v) is 6.34. The van der Waals surface area contributed by atoms with Gasteiger partial charge >= 0.3 is 0 Å². The van der Waals surface area contributed by atoms with Gasteiger partial charge in [-0.3, -0.25) is 4.99 Å². The maximum atomic E-state index is 4.49. The zero-order valence-electron chi connectivity index (χ0n) is 12.9. The fourth-order valence-electron chi connectivity index (χ4n) is 2.45. The van der Waals surface area contributed by atoms with Crippen molar-refractivity contribution in [3.05, 3.63) is 67.1 Å². The van der Waals surface area contributed by atoms with Crippen LogP contribution in [0, 0.1) is 0 Å². The first-order valence-electron chi connectivity index (χ1n) is 7.66. The van der Waals surface area contributed by atoms with Crippen molar-refractivity contribution in [1.29, 1.82) is 0 Å². The minimum absolute atomic E-state index is 0.693. The number of hydrogen-bond donors (Lipinski definition) is 0. The van der Waals surface area contributed by atoms with Gasteiger partial charge in [-0.1, -0.05) is 30.3 Å². The molecule has 1 aromatic carbocycles. The van der Waals surface area contributed by atoms with Crippen LogP contribution in [-0.2, 0) is 6.54 Å². The third kappa shape index (κ3) is 3.09. The lowest BCUT2D eigenvalue weighted by Crippen LogP contribution is -1.98. The van der Waals surface area contributed by atoms with Crippen molar-refractivity contribution in [2.75, 3.05) is 6.54 Å². The van der Waals surface area contributed by atoms with Crippen LogP contribution in [0.15, 0.2) is 66.4 Å². The van der Waals surface area contributed by atoms with Crippen LogP contribution in [0.2, 0.25) is 0 Å². The molecular formula is C18H15N5S. The lowest BCUT2D eigenvalue weighted by Gasteiger charge is -1.97. The van der Waals surface area contributed by atoms with E-state index < -0.39 is 0 Å². The maximum Gasteiger partial charge on any atom is 0.116 e. The molecule has 0 fully saturated rings. The highest BCUT2D eigenvalue weighted by Gasteiger charge is 2.08. The molecule has 0 spiro atoms. The van der Waals surface area contributed by atoms with E-state index in [1.54, 1.807) is 30.2 Å². The van der Waals surface area contributed by atoms with Crippen LogP contribution in [0.4, 0.5) is 0 Å². The SMILES string of the molecule is C(=NCCn1ccnc1)c1ncnc2cc(-c3ccccc3)sc12. The highest BCUT2D eigenvalue weighted by Crippen LogP contribution is 2.33. The number of aromatic nitrogens is 4. The summed E-state index contributed by atoms with van der Waals surface area (Å²) in [5.74, 6) is 0. The van der Waals surface area contributed by atoms with Crippen molar-refractivity contribution < 1.29 is 0 Å². The van der Waals surface area contributed by atoms with E-state index in [-0.39, 0.29) is 0 Å². The predicted molar refractivity (Wildman–Crippen MR) is 97.5 cm³/mol. The average Bonchev–Trinajstić information content (AvgIpc) is 3.29. The second-order valence-electron chi connectivity index (χ2n) is 5.29. The summed E-state index contributed by atoms with van der Waals surface area (Å²) < 4.78 is 3.08. The highest BCUT2D eigenvalue weighted by molar-refractivity contribution is 7.22. The number of aliphatic imine (C=N–C) groups is 1. The Labute approximate surface area is 143 Å². The van der Waals surface area contributed by atoms with Crippen molar-refractivity contribution in [2.24, 2.45) is 4.99 Å². The van der Waals surface area contributed by atoms with E-state index in [0.717, 1.165) is 22.5 Å². The summed E-state index contributed by atoms with van der Waals surface area (Å²) in [6, 6.07) is 12.4. The molecule has 0 aliphatic carbocycles. The molecule has 24 heavy (non-hydrogen) atoms. The van der Waals surface area contributed by atoms with Crippen LogP contribution < -0.4 is 0 Å². The summed E-state index contributed by atoms with van der Waals surface area (Å²) in [6.07, 6.45) is 8.94. The van der Waals surface area contributed by atoms with Crippen molar-refractivity contribution in [3.8, 4) is 10.4 Å². The average molecular weight is 333 g/mol. The third-order valence-electron chi connectivity index (χ3n) is 3.66. The van der Waals surface area contributed by atoms with Crippen LogP contribution in [0.3, 0.4) is 0 Å². The van der Waals surface area contributed by atoms with Gasteiger partial charge in [-0.25, -0.2) is 15.0 Å². The fraction of sp³-hybridized carbons (Fsp3) is 0.111. The van der Waals surface area contributed by atoms with E-state index in [1.807, 2.05) is 35.2 Å². The van der Waals surface area contributed by atoms with Crippen molar-refractivity contribution in [1.82, 2.24) is 19.5 Å². The molecule has 0 unspecified atom stereocenters. The van der Waals surface area contributed by atoms with Gasteiger partial charge < -0.3 is 4.57 Å². The summed E-state index contributed by atoms with van der Waals surface area (Å²) in [4.78, 5) is 18.5. The molecule has 0 N–H and O–H groups in total. The molecule has 0 aliphatic rings. The highest BCUT2D eigenvalue weighted by atomic mass is 32.1. The number of thiophene rings is 1. The van der Waals surface area contributed by atoms with Crippen LogP contribution in [-0.4, -0.2) is 32.3 Å². The zero-order valence-corrected chi connectivity index (χ0v) is 13.7. The summed E-state index contributed by atoms with van der Waals surface area (Å²) in [5.41, 5.74) is 3.03. The molecule has 3 heterocycles. The number of hydrogen-bond acceptors (Lipinski definition) is 5. The van der Waals surface area contributed by atoms with Crippen molar-refractivity contribution >= 4 is 27.8 Å². The molecule has 0 saturated heterocycles. The van der Waals surface area contributed by atoms with Gasteiger partial charge in [0.05, 0.1) is 23.1 Å². The smallest absolute Gasteiger partial charge is 0.116 e. The molecule has 4 rings (SSSR count). The lowest BCUT2D eigenvalue weighted by molar-refractivity contribution is 0.710. The third-order valence-corrected chi connectivity index (χ3v) is 4.85. The van der Waals surface area contributed by atoms with E-state index in [4.69, 9.17) is 0 Å². The van der Waals surface area contributed by atoms with Gasteiger partial charge in [0, 0.05) is 30.0 Å². The molecule has 0 radical (unpaired) electrons. The molecule has 3 aromatic heterocycles. The number of nitrogens with zero attached hydrogens (tertiary/aromatic N) is 5. The number of fused-ring (bicyclic) bond motifs is 1. The topological polar surface area (TPSA) is 56.0 Å². The fourth-order valence-corrected chi connectivity index (χ4v) is 3.52. The lowest BCUT2D eigenvalue weighted by atomic mass is 10.2. The minimum atomic E-state index is 0.693. The van der Waals surface area contributed by atoms with E-state index in [9.17, 15) is 0 Å². The van der Waals surface area contributed by atoms with E-state index in [2.05, 4.69) is 38.1 Å². The van der Waals surface area contributed by atoms with Crippen LogP contribution in [0.1, 0.15) is 5.69 Å². The molecule has 0 amide bonds. The molecule has 0 saturated carbocycles. The minimum Gasteiger partial charge on any atom is -0.336 e. The van der Waals surface area contributed by atoms with Crippen LogP contribution in [0.25, 0.3) is 20.7 Å². The summed E-state index contributed by atoms with van der Waals surface area (Å²) in [7, 11) is 0. The Bertz CT molecular complexity index is 958. The van der Waals surface area contributed by atoms with Gasteiger partial charge in [0.15, 0.2) is 0 Å². The Morgan fingerprint density at radius 3 is 2.92 bits per heavy atom. The van der Waals surface area contributed by atoms with Gasteiger partial charge in [-0.15, -0.1) is 11.3 Å². The Morgan fingerprint density at radius 2 is 2.08 bits per heavy atom. The van der Waals surface area contributed by atoms with Crippen molar-refractivity contribution in [2.45, 2.75) is 6.54 Å². The zero-order chi connectivity index (χ0) is 16.2. The monoisotopic (exact) mass is 333 g/mol. The van der Waals surface area contributed by atoms with Crippen molar-refractivity contribution in [3.63, 3.8) is 0 Å². The molecule has 118 valence electrons. The summed E-state index contributed by atoms with van der Waals surface area (Å²) in [6.45, 7) is 1.50. The molecule has 5 nitrogen and oxygen atoms in total. The first-order chi connectivity index (χ1) is 11.9. The van der Waals surface area contributed by atoms with Gasteiger partial charge in [0.1, 0.15) is 12.0 Å².